The van der Waals surface area contributed by atoms with E-state index >= 15 is 0 Å². The van der Waals surface area contributed by atoms with Crippen LogP contribution in [0.25, 0.3) is 0 Å². The fourth-order valence-corrected chi connectivity index (χ4v) is 2.38. The van der Waals surface area contributed by atoms with Crippen molar-refractivity contribution in [3.05, 3.63) is 24.0 Å². The Kier molecular flexibility index (Phi) is 5.35. The Hall–Kier alpha value is -1.86. The molecule has 1 saturated heterocycles. The quantitative estimate of drug-likeness (QED) is 0.824. The molecule has 0 bridgehead atoms. The van der Waals surface area contributed by atoms with E-state index in [1.54, 1.807) is 18.1 Å². The van der Waals surface area contributed by atoms with Gasteiger partial charge in [0.05, 0.1) is 25.7 Å². The molecule has 1 aliphatic rings. The molecular formula is C14H20N2O5. The van der Waals surface area contributed by atoms with Crippen LogP contribution in [0, 0.1) is 0 Å². The summed E-state index contributed by atoms with van der Waals surface area (Å²) < 4.78 is 12.2. The normalized spacial score (nSPS) is 18.7. The van der Waals surface area contributed by atoms with E-state index in [4.69, 9.17) is 14.6 Å². The predicted octanol–water partition coefficient (Wildman–Crippen LogP) is 0.450. The van der Waals surface area contributed by atoms with Crippen LogP contribution < -0.4 is 0 Å². The molecule has 1 unspecified atom stereocenters. The van der Waals surface area contributed by atoms with Crippen molar-refractivity contribution >= 4 is 11.9 Å². The van der Waals surface area contributed by atoms with Crippen molar-refractivity contribution in [1.29, 1.82) is 0 Å². The number of carboxylic acid groups (broad SMARTS) is 1. The maximum absolute atomic E-state index is 12.5. The van der Waals surface area contributed by atoms with Crippen molar-refractivity contribution in [3.63, 3.8) is 0 Å². The summed E-state index contributed by atoms with van der Waals surface area (Å²) in [5.74, 6) is -1.02. The van der Waals surface area contributed by atoms with Gasteiger partial charge in [0.2, 0.25) is 0 Å². The molecule has 1 aromatic heterocycles. The number of rotatable bonds is 6. The highest BCUT2D eigenvalue weighted by molar-refractivity contribution is 5.93. The Labute approximate surface area is 123 Å². The molecule has 1 fully saturated rings. The minimum atomic E-state index is -0.919. The van der Waals surface area contributed by atoms with Crippen molar-refractivity contribution in [1.82, 2.24) is 9.47 Å². The third-order valence-electron chi connectivity index (χ3n) is 3.41. The lowest BCUT2D eigenvalue weighted by Gasteiger charge is -2.32. The minimum Gasteiger partial charge on any atom is -0.481 e. The van der Waals surface area contributed by atoms with Gasteiger partial charge in [-0.05, 0) is 12.1 Å². The van der Waals surface area contributed by atoms with E-state index in [-0.39, 0.29) is 12.3 Å². The largest absolute Gasteiger partial charge is 0.481 e. The average molecular weight is 296 g/mol. The molecule has 0 aliphatic carbocycles. The number of carbonyl (C=O) groups is 2. The van der Waals surface area contributed by atoms with Gasteiger partial charge in [-0.15, -0.1) is 0 Å². The van der Waals surface area contributed by atoms with Gasteiger partial charge in [-0.25, -0.2) is 0 Å². The van der Waals surface area contributed by atoms with Gasteiger partial charge in [-0.3, -0.25) is 9.59 Å². The van der Waals surface area contributed by atoms with Gasteiger partial charge in [-0.1, -0.05) is 0 Å². The van der Waals surface area contributed by atoms with Gasteiger partial charge >= 0.3 is 5.97 Å². The van der Waals surface area contributed by atoms with E-state index in [1.165, 1.54) is 0 Å². The zero-order chi connectivity index (χ0) is 15.2. The summed E-state index contributed by atoms with van der Waals surface area (Å²) in [4.78, 5) is 24.9. The Morgan fingerprint density at radius 2 is 2.33 bits per heavy atom. The second-order valence-corrected chi connectivity index (χ2v) is 4.92. The summed E-state index contributed by atoms with van der Waals surface area (Å²) in [6.45, 7) is 2.28. The average Bonchev–Trinajstić information content (AvgIpc) is 2.92. The lowest BCUT2D eigenvalue weighted by atomic mass is 10.2. The Morgan fingerprint density at radius 3 is 3.05 bits per heavy atom. The van der Waals surface area contributed by atoms with Crippen molar-refractivity contribution < 1.29 is 24.2 Å². The van der Waals surface area contributed by atoms with Gasteiger partial charge in [0.15, 0.2) is 0 Å². The standard InChI is InChI=1S/C14H20N2O5/c1-20-7-5-15-4-2-3-12(15)14(19)16-6-8-21-11(10-16)9-13(17)18/h2-4,11H,5-10H2,1H3,(H,17,18). The fraction of sp³-hybridized carbons (Fsp3) is 0.571. The molecule has 0 radical (unpaired) electrons. The number of morpholine rings is 1. The summed E-state index contributed by atoms with van der Waals surface area (Å²) >= 11 is 0. The first-order chi connectivity index (χ1) is 10.1. The Bertz CT molecular complexity index is 499. The molecule has 2 rings (SSSR count). The molecule has 2 heterocycles. The molecule has 0 aromatic carbocycles. The zero-order valence-corrected chi connectivity index (χ0v) is 12.0. The molecule has 7 nitrogen and oxygen atoms in total. The van der Waals surface area contributed by atoms with E-state index in [9.17, 15) is 9.59 Å². The second-order valence-electron chi connectivity index (χ2n) is 4.92. The van der Waals surface area contributed by atoms with Crippen LogP contribution in [0.5, 0.6) is 0 Å². The number of carbonyl (C=O) groups excluding carboxylic acids is 1. The van der Waals surface area contributed by atoms with Crippen molar-refractivity contribution in [2.24, 2.45) is 0 Å². The van der Waals surface area contributed by atoms with Crippen LogP contribution in [0.1, 0.15) is 16.9 Å². The number of nitrogens with zero attached hydrogens (tertiary/aromatic N) is 2. The van der Waals surface area contributed by atoms with Crippen molar-refractivity contribution in [2.75, 3.05) is 33.4 Å². The topological polar surface area (TPSA) is 81.0 Å². The third-order valence-corrected chi connectivity index (χ3v) is 3.41. The molecule has 1 N–H and O–H groups in total. The van der Waals surface area contributed by atoms with Crippen LogP contribution >= 0.6 is 0 Å². The number of methoxy groups -OCH3 is 1. The first kappa shape index (κ1) is 15.5. The highest BCUT2D eigenvalue weighted by Gasteiger charge is 2.27. The molecule has 1 aromatic rings. The number of aromatic nitrogens is 1. The molecule has 7 heteroatoms. The number of ether oxygens (including phenoxy) is 2. The van der Waals surface area contributed by atoms with E-state index in [2.05, 4.69) is 0 Å². The van der Waals surface area contributed by atoms with E-state index < -0.39 is 12.1 Å². The molecule has 21 heavy (non-hydrogen) atoms. The summed E-state index contributed by atoms with van der Waals surface area (Å²) in [5, 5.41) is 8.81. The maximum Gasteiger partial charge on any atom is 0.306 e. The van der Waals surface area contributed by atoms with Gasteiger partial charge in [-0.2, -0.15) is 0 Å². The summed E-state index contributed by atoms with van der Waals surface area (Å²) in [6, 6.07) is 3.58. The SMILES string of the molecule is COCCn1cccc1C(=O)N1CCOC(CC(=O)O)C1. The van der Waals surface area contributed by atoms with Gasteiger partial charge in [0.1, 0.15) is 5.69 Å². The zero-order valence-electron chi connectivity index (χ0n) is 12.0. The fourth-order valence-electron chi connectivity index (χ4n) is 2.38. The molecule has 1 atom stereocenters. The number of hydrogen-bond donors (Lipinski definition) is 1. The monoisotopic (exact) mass is 296 g/mol. The predicted molar refractivity (Wildman–Crippen MR) is 74.2 cm³/mol. The second kappa shape index (κ2) is 7.24. The van der Waals surface area contributed by atoms with E-state index in [0.717, 1.165) is 0 Å². The van der Waals surface area contributed by atoms with Crippen LogP contribution in [0.2, 0.25) is 0 Å². The third kappa shape index (κ3) is 4.05. The number of aliphatic carboxylic acids is 1. The molecule has 0 spiro atoms. The lowest BCUT2D eigenvalue weighted by molar-refractivity contribution is -0.141. The van der Waals surface area contributed by atoms with E-state index in [1.807, 2.05) is 16.8 Å². The summed E-state index contributed by atoms with van der Waals surface area (Å²) in [6.07, 6.45) is 1.30. The van der Waals surface area contributed by atoms with Crippen LogP contribution in [0.4, 0.5) is 0 Å². The maximum atomic E-state index is 12.5. The lowest BCUT2D eigenvalue weighted by Crippen LogP contribution is -2.46. The first-order valence-electron chi connectivity index (χ1n) is 6.88. The molecule has 1 amide bonds. The molecular weight excluding hydrogens is 276 g/mol. The molecule has 1 aliphatic heterocycles. The van der Waals surface area contributed by atoms with Gasteiger partial charge in [0.25, 0.3) is 5.91 Å². The van der Waals surface area contributed by atoms with Crippen LogP contribution in [0.3, 0.4) is 0 Å². The molecule has 0 saturated carbocycles. The highest BCUT2D eigenvalue weighted by Crippen LogP contribution is 2.13. The van der Waals surface area contributed by atoms with Crippen LogP contribution in [-0.2, 0) is 20.8 Å². The first-order valence-corrected chi connectivity index (χ1v) is 6.88. The number of hydrogen-bond acceptors (Lipinski definition) is 4. The van der Waals surface area contributed by atoms with Crippen LogP contribution in [0.15, 0.2) is 18.3 Å². The Balaban J connectivity index is 2.02. The number of amides is 1. The van der Waals surface area contributed by atoms with Crippen molar-refractivity contribution in [2.45, 2.75) is 19.1 Å². The smallest absolute Gasteiger partial charge is 0.306 e. The Morgan fingerprint density at radius 1 is 1.52 bits per heavy atom. The molecule has 116 valence electrons. The summed E-state index contributed by atoms with van der Waals surface area (Å²) in [5.41, 5.74) is 0.586. The van der Waals surface area contributed by atoms with E-state index in [0.29, 0.717) is 38.5 Å². The summed E-state index contributed by atoms with van der Waals surface area (Å²) in [7, 11) is 1.61. The van der Waals surface area contributed by atoms with Gasteiger partial charge < -0.3 is 24.0 Å². The highest BCUT2D eigenvalue weighted by atomic mass is 16.5. The minimum absolute atomic E-state index is 0.0888. The number of carboxylic acids is 1. The van der Waals surface area contributed by atoms with Gasteiger partial charge in [0, 0.05) is 32.9 Å². The van der Waals surface area contributed by atoms with Crippen LogP contribution in [-0.4, -0.2) is 66.0 Å². The van der Waals surface area contributed by atoms with Crippen molar-refractivity contribution in [3.8, 4) is 0 Å².